The average molecular weight is 284 g/mol. The molecule has 0 amide bonds. The second kappa shape index (κ2) is 5.04. The lowest BCUT2D eigenvalue weighted by molar-refractivity contribution is 0.103. The van der Waals surface area contributed by atoms with Crippen LogP contribution in [0.25, 0.3) is 21.8 Å². The molecule has 2 aromatic carbocycles. The fourth-order valence-electron chi connectivity index (χ4n) is 2.52. The van der Waals surface area contributed by atoms with Crippen LogP contribution in [0.5, 0.6) is 0 Å². The molecule has 0 aliphatic rings. The Hall–Kier alpha value is -3.07. The summed E-state index contributed by atoms with van der Waals surface area (Å²) in [5.41, 5.74) is 2.46. The predicted octanol–water partition coefficient (Wildman–Crippen LogP) is 4.01. The zero-order valence-corrected chi connectivity index (χ0v) is 11.7. The van der Waals surface area contributed by atoms with Crippen molar-refractivity contribution in [3.8, 4) is 0 Å². The van der Waals surface area contributed by atoms with Gasteiger partial charge in [0.2, 0.25) is 5.78 Å². The molecule has 2 aromatic heterocycles. The zero-order chi connectivity index (χ0) is 14.9. The predicted molar refractivity (Wildman–Crippen MR) is 86.9 cm³/mol. The molecule has 0 saturated heterocycles. The number of aromatic nitrogens is 2. The first-order valence-corrected chi connectivity index (χ1v) is 7.07. The normalized spacial score (nSPS) is 10.9. The summed E-state index contributed by atoms with van der Waals surface area (Å²) in [6, 6.07) is 22.8. The summed E-state index contributed by atoms with van der Waals surface area (Å²) >= 11 is 0. The average Bonchev–Trinajstić information content (AvgIpc) is 2.60. The number of pyridine rings is 2. The summed E-state index contributed by atoms with van der Waals surface area (Å²) in [7, 11) is 0. The van der Waals surface area contributed by atoms with Crippen molar-refractivity contribution in [2.24, 2.45) is 0 Å². The van der Waals surface area contributed by atoms with Crippen molar-refractivity contribution < 1.29 is 4.79 Å². The van der Waals surface area contributed by atoms with Gasteiger partial charge in [0.1, 0.15) is 11.4 Å². The molecule has 0 unspecified atom stereocenters. The van der Waals surface area contributed by atoms with Crippen molar-refractivity contribution in [1.82, 2.24) is 9.97 Å². The smallest absolute Gasteiger partial charge is 0.229 e. The quantitative estimate of drug-likeness (QED) is 0.522. The molecule has 0 radical (unpaired) electrons. The third-order valence-electron chi connectivity index (χ3n) is 3.66. The topological polar surface area (TPSA) is 42.9 Å². The van der Waals surface area contributed by atoms with E-state index in [-0.39, 0.29) is 5.78 Å². The molecule has 2 heterocycles. The number of fused-ring (bicyclic) bond motifs is 2. The van der Waals surface area contributed by atoms with E-state index in [9.17, 15) is 4.79 Å². The summed E-state index contributed by atoms with van der Waals surface area (Å²) in [6.07, 6.45) is 0. The van der Waals surface area contributed by atoms with Crippen LogP contribution in [0.15, 0.2) is 72.8 Å². The van der Waals surface area contributed by atoms with Crippen LogP contribution in [0.1, 0.15) is 16.2 Å². The number of hydrogen-bond donors (Lipinski definition) is 0. The first-order chi connectivity index (χ1) is 10.8. The molecule has 22 heavy (non-hydrogen) atoms. The number of para-hydroxylation sites is 2. The molecule has 0 bridgehead atoms. The minimum Gasteiger partial charge on any atom is -0.285 e. The fourth-order valence-corrected chi connectivity index (χ4v) is 2.52. The lowest BCUT2D eigenvalue weighted by Crippen LogP contribution is -2.06. The van der Waals surface area contributed by atoms with E-state index < -0.39 is 0 Å². The second-order valence-corrected chi connectivity index (χ2v) is 5.11. The van der Waals surface area contributed by atoms with Gasteiger partial charge in [-0.05, 0) is 24.3 Å². The summed E-state index contributed by atoms with van der Waals surface area (Å²) in [6.45, 7) is 0. The first-order valence-electron chi connectivity index (χ1n) is 7.07. The maximum atomic E-state index is 12.6. The van der Waals surface area contributed by atoms with E-state index in [2.05, 4.69) is 9.97 Å². The molecule has 4 rings (SSSR count). The van der Waals surface area contributed by atoms with E-state index in [1.54, 1.807) is 12.1 Å². The Kier molecular flexibility index (Phi) is 2.90. The highest BCUT2D eigenvalue weighted by Crippen LogP contribution is 2.16. The van der Waals surface area contributed by atoms with Gasteiger partial charge in [0.25, 0.3) is 0 Å². The van der Waals surface area contributed by atoms with Gasteiger partial charge in [-0.2, -0.15) is 0 Å². The molecule has 0 fully saturated rings. The molecule has 0 aliphatic heterocycles. The number of hydrogen-bond acceptors (Lipinski definition) is 3. The number of carbonyl (C=O) groups is 1. The summed E-state index contributed by atoms with van der Waals surface area (Å²) < 4.78 is 0. The van der Waals surface area contributed by atoms with Gasteiger partial charge in [0, 0.05) is 10.8 Å². The number of carbonyl (C=O) groups excluding carboxylic acids is 1. The van der Waals surface area contributed by atoms with E-state index >= 15 is 0 Å². The summed E-state index contributed by atoms with van der Waals surface area (Å²) in [5.74, 6) is -0.156. The highest BCUT2D eigenvalue weighted by atomic mass is 16.1. The van der Waals surface area contributed by atoms with Gasteiger partial charge in [-0.3, -0.25) is 4.79 Å². The van der Waals surface area contributed by atoms with Crippen LogP contribution in [-0.2, 0) is 0 Å². The molecule has 104 valence electrons. The van der Waals surface area contributed by atoms with Crippen molar-refractivity contribution >= 4 is 27.6 Å². The maximum absolute atomic E-state index is 12.6. The number of ketones is 1. The van der Waals surface area contributed by atoms with Crippen molar-refractivity contribution in [3.63, 3.8) is 0 Å². The third kappa shape index (κ3) is 2.13. The minimum absolute atomic E-state index is 0.156. The summed E-state index contributed by atoms with van der Waals surface area (Å²) in [5, 5.41) is 2.04. The van der Waals surface area contributed by atoms with E-state index in [4.69, 9.17) is 0 Å². The molecule has 0 atom stereocenters. The first kappa shape index (κ1) is 12.7. The highest BCUT2D eigenvalue weighted by Gasteiger charge is 2.13. The molecule has 0 saturated carbocycles. The minimum atomic E-state index is -0.156. The third-order valence-corrected chi connectivity index (χ3v) is 3.66. The molecule has 4 aromatic rings. The van der Waals surface area contributed by atoms with Gasteiger partial charge in [-0.1, -0.05) is 48.5 Å². The van der Waals surface area contributed by atoms with Gasteiger partial charge in [0.05, 0.1) is 11.0 Å². The lowest BCUT2D eigenvalue weighted by atomic mass is 10.1. The van der Waals surface area contributed by atoms with Crippen LogP contribution in [0, 0.1) is 0 Å². The highest BCUT2D eigenvalue weighted by molar-refractivity contribution is 6.08. The molecular formula is C19H12N2O. The van der Waals surface area contributed by atoms with Crippen molar-refractivity contribution in [3.05, 3.63) is 84.2 Å². The Morgan fingerprint density at radius 1 is 0.591 bits per heavy atom. The van der Waals surface area contributed by atoms with Crippen LogP contribution in [0.2, 0.25) is 0 Å². The Morgan fingerprint density at radius 3 is 1.55 bits per heavy atom. The Balaban J connectivity index is 1.80. The Labute approximate surface area is 127 Å². The molecule has 3 heteroatoms. The van der Waals surface area contributed by atoms with E-state index in [1.165, 1.54) is 0 Å². The maximum Gasteiger partial charge on any atom is 0.229 e. The second-order valence-electron chi connectivity index (χ2n) is 5.11. The van der Waals surface area contributed by atoms with Crippen molar-refractivity contribution in [2.75, 3.05) is 0 Å². The fraction of sp³-hybridized carbons (Fsp3) is 0. The van der Waals surface area contributed by atoms with Gasteiger partial charge < -0.3 is 0 Å². The van der Waals surface area contributed by atoms with Gasteiger partial charge in [-0.25, -0.2) is 9.97 Å². The van der Waals surface area contributed by atoms with Crippen LogP contribution in [0.3, 0.4) is 0 Å². The largest absolute Gasteiger partial charge is 0.285 e. The van der Waals surface area contributed by atoms with Crippen molar-refractivity contribution in [1.29, 1.82) is 0 Å². The van der Waals surface area contributed by atoms with E-state index in [0.717, 1.165) is 21.8 Å². The van der Waals surface area contributed by atoms with E-state index in [1.807, 2.05) is 60.7 Å². The monoisotopic (exact) mass is 284 g/mol. The number of nitrogens with zero attached hydrogens (tertiary/aromatic N) is 2. The van der Waals surface area contributed by atoms with Crippen molar-refractivity contribution in [2.45, 2.75) is 0 Å². The Morgan fingerprint density at radius 2 is 1.05 bits per heavy atom. The summed E-state index contributed by atoms with van der Waals surface area (Å²) in [4.78, 5) is 21.5. The number of rotatable bonds is 2. The SMILES string of the molecule is O=C(c1ccc2ccccc2n1)c1ccc2ccccc2n1. The standard InChI is InChI=1S/C19H12N2O/c22-19(17-11-9-13-5-1-3-7-15(13)20-17)18-12-10-14-6-2-4-8-16(14)21-18/h1-12H. The molecule has 0 aliphatic carbocycles. The molecule has 0 N–H and O–H groups in total. The lowest BCUT2D eigenvalue weighted by Gasteiger charge is -2.03. The van der Waals surface area contributed by atoms with Gasteiger partial charge in [-0.15, -0.1) is 0 Å². The van der Waals surface area contributed by atoms with Crippen LogP contribution >= 0.6 is 0 Å². The van der Waals surface area contributed by atoms with E-state index in [0.29, 0.717) is 11.4 Å². The number of benzene rings is 2. The van der Waals surface area contributed by atoms with Gasteiger partial charge >= 0.3 is 0 Å². The zero-order valence-electron chi connectivity index (χ0n) is 11.7. The van der Waals surface area contributed by atoms with Gasteiger partial charge in [0.15, 0.2) is 0 Å². The molecule has 0 spiro atoms. The van der Waals surface area contributed by atoms with Crippen LogP contribution in [0.4, 0.5) is 0 Å². The van der Waals surface area contributed by atoms with Crippen LogP contribution in [-0.4, -0.2) is 15.8 Å². The Bertz CT molecular complexity index is 927. The molecule has 3 nitrogen and oxygen atoms in total. The molecular weight excluding hydrogens is 272 g/mol. The van der Waals surface area contributed by atoms with Crippen LogP contribution < -0.4 is 0 Å².